The van der Waals surface area contributed by atoms with E-state index in [4.69, 9.17) is 9.78 Å². The second-order valence-corrected chi connectivity index (χ2v) is 5.70. The Labute approximate surface area is 120 Å². The molecule has 0 radical (unpaired) electrons. The minimum Gasteiger partial charge on any atom is -0.339 e. The number of hydrogen-bond acceptors (Lipinski definition) is 6. The summed E-state index contributed by atoms with van der Waals surface area (Å²) in [4.78, 5) is 9.16. The Balaban J connectivity index is 2.08. The van der Waals surface area contributed by atoms with Crippen LogP contribution >= 0.6 is 0 Å². The molecule has 1 aliphatic heterocycles. The summed E-state index contributed by atoms with van der Waals surface area (Å²) in [5.41, 5.74) is 0. The molecule has 20 heavy (non-hydrogen) atoms. The maximum Gasteiger partial charge on any atom is 0.229 e. The number of aromatic nitrogens is 2. The fourth-order valence-corrected chi connectivity index (χ4v) is 2.54. The summed E-state index contributed by atoms with van der Waals surface area (Å²) in [6.45, 7) is 5.09. The molecule has 0 amide bonds. The van der Waals surface area contributed by atoms with Gasteiger partial charge < -0.3 is 9.42 Å². The Bertz CT molecular complexity index is 466. The SMILES string of the molecule is CC(CCC#N)c1nc(C2CN(C)CCCN2C)no1. The Morgan fingerprint density at radius 3 is 3.00 bits per heavy atom. The molecular formula is C14H23N5O. The van der Waals surface area contributed by atoms with Gasteiger partial charge in [0.25, 0.3) is 0 Å². The summed E-state index contributed by atoms with van der Waals surface area (Å²) in [6.07, 6.45) is 2.44. The Morgan fingerprint density at radius 2 is 2.25 bits per heavy atom. The van der Waals surface area contributed by atoms with Gasteiger partial charge in [-0.3, -0.25) is 4.90 Å². The van der Waals surface area contributed by atoms with Gasteiger partial charge in [0.15, 0.2) is 5.82 Å². The first kappa shape index (κ1) is 14.9. The van der Waals surface area contributed by atoms with Crippen molar-refractivity contribution in [1.82, 2.24) is 19.9 Å². The van der Waals surface area contributed by atoms with Crippen LogP contribution in [0, 0.1) is 11.3 Å². The molecule has 0 aromatic carbocycles. The molecular weight excluding hydrogens is 254 g/mol. The molecule has 6 heteroatoms. The minimum atomic E-state index is 0.143. The number of rotatable bonds is 4. The van der Waals surface area contributed by atoms with Crippen LogP contribution in [0.25, 0.3) is 0 Å². The lowest BCUT2D eigenvalue weighted by Gasteiger charge is -2.24. The van der Waals surface area contributed by atoms with E-state index in [0.29, 0.717) is 12.3 Å². The standard InChI is InChI=1S/C14H23N5O/c1-11(6-4-7-15)14-16-13(17-20-14)12-10-18(2)8-5-9-19(12)3/h11-12H,4-6,8-10H2,1-3H3. The Morgan fingerprint density at radius 1 is 1.45 bits per heavy atom. The molecule has 1 aromatic rings. The molecule has 2 unspecified atom stereocenters. The van der Waals surface area contributed by atoms with Crippen LogP contribution in [0.3, 0.4) is 0 Å². The molecule has 1 saturated heterocycles. The van der Waals surface area contributed by atoms with Crippen LogP contribution in [0.1, 0.15) is 49.9 Å². The number of nitriles is 1. The molecule has 0 saturated carbocycles. The zero-order chi connectivity index (χ0) is 14.5. The van der Waals surface area contributed by atoms with E-state index in [9.17, 15) is 0 Å². The Kier molecular flexibility index (Phi) is 5.10. The van der Waals surface area contributed by atoms with Crippen molar-refractivity contribution in [2.75, 3.05) is 33.7 Å². The third kappa shape index (κ3) is 3.56. The van der Waals surface area contributed by atoms with Crippen molar-refractivity contribution in [1.29, 1.82) is 5.26 Å². The summed E-state index contributed by atoms with van der Waals surface area (Å²) >= 11 is 0. The highest BCUT2D eigenvalue weighted by Crippen LogP contribution is 2.24. The number of likely N-dealkylation sites (N-methyl/N-ethyl adjacent to an activating group) is 2. The molecule has 2 rings (SSSR count). The van der Waals surface area contributed by atoms with Gasteiger partial charge >= 0.3 is 0 Å². The molecule has 1 aromatic heterocycles. The summed E-state index contributed by atoms with van der Waals surface area (Å²) in [7, 11) is 4.24. The number of nitrogens with zero attached hydrogens (tertiary/aromatic N) is 5. The molecule has 0 spiro atoms. The fraction of sp³-hybridized carbons (Fsp3) is 0.786. The molecule has 1 fully saturated rings. The lowest BCUT2D eigenvalue weighted by Crippen LogP contribution is -2.31. The Hall–Kier alpha value is -1.45. The normalized spacial score (nSPS) is 23.2. The number of hydrogen-bond donors (Lipinski definition) is 0. The predicted octanol–water partition coefficient (Wildman–Crippen LogP) is 1.79. The van der Waals surface area contributed by atoms with E-state index in [-0.39, 0.29) is 12.0 Å². The lowest BCUT2D eigenvalue weighted by molar-refractivity contribution is 0.214. The largest absolute Gasteiger partial charge is 0.339 e. The summed E-state index contributed by atoms with van der Waals surface area (Å²) in [6, 6.07) is 2.34. The van der Waals surface area contributed by atoms with Gasteiger partial charge in [-0.25, -0.2) is 0 Å². The van der Waals surface area contributed by atoms with Gasteiger partial charge in [0.1, 0.15) is 0 Å². The van der Waals surface area contributed by atoms with Gasteiger partial charge in [0.05, 0.1) is 12.1 Å². The van der Waals surface area contributed by atoms with Crippen molar-refractivity contribution in [3.05, 3.63) is 11.7 Å². The lowest BCUT2D eigenvalue weighted by atomic mass is 10.1. The van der Waals surface area contributed by atoms with Gasteiger partial charge in [-0.15, -0.1) is 0 Å². The zero-order valence-corrected chi connectivity index (χ0v) is 12.5. The molecule has 6 nitrogen and oxygen atoms in total. The highest BCUT2D eigenvalue weighted by Gasteiger charge is 2.27. The third-order valence-corrected chi connectivity index (χ3v) is 3.93. The van der Waals surface area contributed by atoms with Gasteiger partial charge in [0, 0.05) is 18.9 Å². The van der Waals surface area contributed by atoms with Crippen LogP contribution < -0.4 is 0 Å². The van der Waals surface area contributed by atoms with Crippen LogP contribution in [0.15, 0.2) is 4.52 Å². The van der Waals surface area contributed by atoms with Crippen molar-refractivity contribution >= 4 is 0 Å². The second kappa shape index (κ2) is 6.82. The minimum absolute atomic E-state index is 0.143. The average Bonchev–Trinajstić information content (AvgIpc) is 2.85. The molecule has 0 aliphatic carbocycles. The van der Waals surface area contributed by atoms with Gasteiger partial charge in [0.2, 0.25) is 5.89 Å². The van der Waals surface area contributed by atoms with Crippen molar-refractivity contribution < 1.29 is 4.52 Å². The van der Waals surface area contributed by atoms with Crippen LogP contribution in [-0.2, 0) is 0 Å². The maximum atomic E-state index is 8.64. The predicted molar refractivity (Wildman–Crippen MR) is 75.0 cm³/mol. The van der Waals surface area contributed by atoms with Crippen LogP contribution in [0.4, 0.5) is 0 Å². The van der Waals surface area contributed by atoms with E-state index < -0.39 is 0 Å². The monoisotopic (exact) mass is 277 g/mol. The van der Waals surface area contributed by atoms with E-state index in [0.717, 1.165) is 38.3 Å². The van der Waals surface area contributed by atoms with E-state index in [1.165, 1.54) is 0 Å². The molecule has 0 bridgehead atoms. The summed E-state index contributed by atoms with van der Waals surface area (Å²) in [5, 5.41) is 12.8. The zero-order valence-electron chi connectivity index (χ0n) is 12.5. The van der Waals surface area contributed by atoms with Gasteiger partial charge in [-0.05, 0) is 40.0 Å². The van der Waals surface area contributed by atoms with Crippen molar-refractivity contribution in [2.24, 2.45) is 0 Å². The van der Waals surface area contributed by atoms with Crippen molar-refractivity contribution in [3.63, 3.8) is 0 Å². The van der Waals surface area contributed by atoms with E-state index in [1.807, 2.05) is 6.92 Å². The maximum absolute atomic E-state index is 8.64. The second-order valence-electron chi connectivity index (χ2n) is 5.70. The molecule has 2 heterocycles. The third-order valence-electron chi connectivity index (χ3n) is 3.93. The molecule has 2 atom stereocenters. The van der Waals surface area contributed by atoms with Gasteiger partial charge in [-0.2, -0.15) is 10.2 Å². The van der Waals surface area contributed by atoms with Crippen molar-refractivity contribution in [3.8, 4) is 6.07 Å². The summed E-state index contributed by atoms with van der Waals surface area (Å²) < 4.78 is 5.39. The fourth-order valence-electron chi connectivity index (χ4n) is 2.54. The highest BCUT2D eigenvalue weighted by molar-refractivity contribution is 5.00. The van der Waals surface area contributed by atoms with Crippen LogP contribution in [0.5, 0.6) is 0 Å². The topological polar surface area (TPSA) is 69.2 Å². The first-order valence-electron chi connectivity index (χ1n) is 7.21. The average molecular weight is 277 g/mol. The highest BCUT2D eigenvalue weighted by atomic mass is 16.5. The van der Waals surface area contributed by atoms with E-state index >= 15 is 0 Å². The quantitative estimate of drug-likeness (QED) is 0.835. The van der Waals surface area contributed by atoms with Crippen LogP contribution in [-0.4, -0.2) is 53.7 Å². The first-order valence-corrected chi connectivity index (χ1v) is 7.21. The van der Waals surface area contributed by atoms with Crippen molar-refractivity contribution in [2.45, 2.75) is 38.1 Å². The molecule has 0 N–H and O–H groups in total. The molecule has 1 aliphatic rings. The smallest absolute Gasteiger partial charge is 0.229 e. The van der Waals surface area contributed by atoms with Crippen LogP contribution in [0.2, 0.25) is 0 Å². The first-order chi connectivity index (χ1) is 9.61. The van der Waals surface area contributed by atoms with Gasteiger partial charge in [-0.1, -0.05) is 12.1 Å². The summed E-state index contributed by atoms with van der Waals surface area (Å²) in [5.74, 6) is 1.56. The molecule has 110 valence electrons. The van der Waals surface area contributed by atoms with E-state index in [2.05, 4.69) is 40.1 Å². The van der Waals surface area contributed by atoms with E-state index in [1.54, 1.807) is 0 Å².